The highest BCUT2D eigenvalue weighted by atomic mass is 32.1. The van der Waals surface area contributed by atoms with Gasteiger partial charge in [0.25, 0.3) is 0 Å². The summed E-state index contributed by atoms with van der Waals surface area (Å²) in [5.74, 6) is -0.663. The topological polar surface area (TPSA) is 76.7 Å². The van der Waals surface area contributed by atoms with Gasteiger partial charge in [-0.2, -0.15) is 17.4 Å². The molecule has 1 fully saturated rings. The van der Waals surface area contributed by atoms with Crippen molar-refractivity contribution < 1.29 is 18.4 Å². The molecule has 2 heterocycles. The van der Waals surface area contributed by atoms with Gasteiger partial charge in [0, 0.05) is 13.1 Å². The number of hydrogen-bond donors (Lipinski definition) is 2. The number of carbonyl (C=O) groups is 1. The molecular weight excluding hydrogens is 349 g/mol. The third-order valence-electron chi connectivity index (χ3n) is 3.88. The maximum atomic E-state index is 14.5. The van der Waals surface area contributed by atoms with Crippen LogP contribution in [-0.4, -0.2) is 42.7 Å². The van der Waals surface area contributed by atoms with E-state index in [2.05, 4.69) is 17.9 Å². The zero-order valence-electron chi connectivity index (χ0n) is 13.4. The summed E-state index contributed by atoms with van der Waals surface area (Å²) in [6.45, 7) is 2.37. The number of benzene rings is 1. The highest BCUT2D eigenvalue weighted by molar-refractivity contribution is 7.81. The average Bonchev–Trinajstić information content (AvgIpc) is 3.01. The molecule has 1 saturated heterocycles. The van der Waals surface area contributed by atoms with Crippen molar-refractivity contribution in [3.05, 3.63) is 40.6 Å². The number of nitrogens with zero attached hydrogens (tertiary/aromatic N) is 2. The summed E-state index contributed by atoms with van der Waals surface area (Å²) in [6.07, 6.45) is 1.43. The quantitative estimate of drug-likeness (QED) is 0.774. The fourth-order valence-electron chi connectivity index (χ4n) is 2.61. The molecule has 1 aromatic carbocycles. The number of nitrogens with one attached hydrogen (secondary N) is 1. The largest absolute Gasteiger partial charge is 0.378 e. The van der Waals surface area contributed by atoms with Crippen molar-refractivity contribution in [1.29, 1.82) is 0 Å². The number of ether oxygens (including phenoxy) is 1. The number of morpholine rings is 1. The minimum Gasteiger partial charge on any atom is -0.378 e. The number of thiol groups is 1. The first-order valence-electron chi connectivity index (χ1n) is 7.79. The molecule has 0 aliphatic carbocycles. The molecule has 0 saturated carbocycles. The van der Waals surface area contributed by atoms with Crippen LogP contribution in [0.4, 0.5) is 10.1 Å². The van der Waals surface area contributed by atoms with E-state index in [-0.39, 0.29) is 23.9 Å². The predicted molar refractivity (Wildman–Crippen MR) is 93.4 cm³/mol. The van der Waals surface area contributed by atoms with Crippen molar-refractivity contribution in [1.82, 2.24) is 10.1 Å². The molecule has 7 nitrogen and oxygen atoms in total. The van der Waals surface area contributed by atoms with Gasteiger partial charge < -0.3 is 19.5 Å². The number of aromatic nitrogens is 1. The van der Waals surface area contributed by atoms with Crippen LogP contribution in [0.2, 0.25) is 0 Å². The number of carbonyl (C=O) groups excluding carboxylic acids is 1. The molecule has 1 aromatic heterocycles. The van der Waals surface area contributed by atoms with Crippen LogP contribution in [0.5, 0.6) is 0 Å². The molecule has 1 aliphatic rings. The van der Waals surface area contributed by atoms with Crippen LogP contribution in [0.3, 0.4) is 0 Å². The second-order valence-electron chi connectivity index (χ2n) is 5.52. The third kappa shape index (κ3) is 4.05. The molecule has 25 heavy (non-hydrogen) atoms. The summed E-state index contributed by atoms with van der Waals surface area (Å²) in [4.78, 5) is 25.1. The molecule has 1 amide bonds. The van der Waals surface area contributed by atoms with Crippen LogP contribution in [0.25, 0.3) is 11.1 Å². The van der Waals surface area contributed by atoms with Crippen molar-refractivity contribution in [2.45, 2.75) is 6.67 Å². The van der Waals surface area contributed by atoms with Crippen molar-refractivity contribution in [2.75, 3.05) is 37.0 Å². The van der Waals surface area contributed by atoms with Crippen LogP contribution in [0.15, 0.2) is 33.7 Å². The Morgan fingerprint density at radius 2 is 2.08 bits per heavy atom. The molecule has 3 rings (SSSR count). The van der Waals surface area contributed by atoms with E-state index in [1.54, 1.807) is 12.1 Å². The Morgan fingerprint density at radius 1 is 1.32 bits per heavy atom. The lowest BCUT2D eigenvalue weighted by Gasteiger charge is -2.29. The molecule has 9 heteroatoms. The standard InChI is InChI=1S/C16H18FN3O4S/c17-13-7-11(1-2-14(13)19-3-5-23-6-4-19)12-8-20(24-16(12)22)10-18-15(21)9-25/h1-2,7-8,25H,3-6,9-10H2,(H,18,21). The summed E-state index contributed by atoms with van der Waals surface area (Å²) < 4.78 is 25.9. The smallest absolute Gasteiger partial charge is 0.365 e. The van der Waals surface area contributed by atoms with Crippen LogP contribution in [0, 0.1) is 5.82 Å². The maximum absolute atomic E-state index is 14.5. The summed E-state index contributed by atoms with van der Waals surface area (Å²) in [5, 5.41) is 2.53. The molecule has 0 radical (unpaired) electrons. The van der Waals surface area contributed by atoms with Crippen molar-refractivity contribution in [3.63, 3.8) is 0 Å². The van der Waals surface area contributed by atoms with Crippen molar-refractivity contribution in [3.8, 4) is 11.1 Å². The second kappa shape index (κ2) is 7.75. The van der Waals surface area contributed by atoms with E-state index in [1.807, 2.05) is 4.90 Å². The lowest BCUT2D eigenvalue weighted by atomic mass is 10.1. The normalized spacial score (nSPS) is 14.6. The number of amides is 1. The van der Waals surface area contributed by atoms with Crippen LogP contribution < -0.4 is 15.8 Å². The third-order valence-corrected chi connectivity index (χ3v) is 4.17. The summed E-state index contributed by atoms with van der Waals surface area (Å²) in [6, 6.07) is 4.64. The monoisotopic (exact) mass is 367 g/mol. The minimum absolute atomic E-state index is 0.00295. The summed E-state index contributed by atoms with van der Waals surface area (Å²) >= 11 is 3.84. The Kier molecular flexibility index (Phi) is 5.44. The molecule has 0 atom stereocenters. The number of rotatable bonds is 5. The van der Waals surface area contributed by atoms with E-state index in [4.69, 9.17) is 9.26 Å². The van der Waals surface area contributed by atoms with E-state index in [0.717, 1.165) is 0 Å². The molecule has 1 N–H and O–H groups in total. The number of hydrogen-bond acceptors (Lipinski definition) is 6. The maximum Gasteiger partial charge on any atom is 0.365 e. The Morgan fingerprint density at radius 3 is 2.76 bits per heavy atom. The van der Waals surface area contributed by atoms with Crippen molar-refractivity contribution >= 4 is 24.2 Å². The molecule has 0 spiro atoms. The van der Waals surface area contributed by atoms with Gasteiger partial charge in [-0.3, -0.25) is 4.79 Å². The van der Waals surface area contributed by atoms with Crippen LogP contribution >= 0.6 is 12.6 Å². The summed E-state index contributed by atoms with van der Waals surface area (Å²) in [7, 11) is 0. The van der Waals surface area contributed by atoms with Crippen LogP contribution in [0.1, 0.15) is 0 Å². The fraction of sp³-hybridized carbons (Fsp3) is 0.375. The van der Waals surface area contributed by atoms with E-state index >= 15 is 0 Å². The Bertz CT molecular complexity index is 814. The zero-order chi connectivity index (χ0) is 17.8. The molecule has 0 bridgehead atoms. The van der Waals surface area contributed by atoms with Crippen molar-refractivity contribution in [2.24, 2.45) is 0 Å². The van der Waals surface area contributed by atoms with Gasteiger partial charge in [-0.05, 0) is 17.7 Å². The first-order chi connectivity index (χ1) is 12.1. The van der Waals surface area contributed by atoms with Gasteiger partial charge in [0.1, 0.15) is 12.5 Å². The van der Waals surface area contributed by atoms with Gasteiger partial charge in [-0.15, -0.1) is 0 Å². The van der Waals surface area contributed by atoms with E-state index < -0.39 is 11.4 Å². The molecule has 2 aromatic rings. The lowest BCUT2D eigenvalue weighted by Crippen LogP contribution is -2.36. The van der Waals surface area contributed by atoms with Gasteiger partial charge in [-0.1, -0.05) is 6.07 Å². The Balaban J connectivity index is 1.80. The number of anilines is 1. The molecule has 0 unspecified atom stereocenters. The SMILES string of the molecule is O=C(CS)NCn1cc(-c2ccc(N3CCOCC3)c(F)c2)c(=O)o1. The Hall–Kier alpha value is -2.26. The van der Waals surface area contributed by atoms with Gasteiger partial charge in [0.2, 0.25) is 5.91 Å². The van der Waals surface area contributed by atoms with Gasteiger partial charge >= 0.3 is 5.63 Å². The van der Waals surface area contributed by atoms with E-state index in [0.29, 0.717) is 37.6 Å². The van der Waals surface area contributed by atoms with Crippen LogP contribution in [-0.2, 0) is 16.2 Å². The minimum atomic E-state index is -0.598. The van der Waals surface area contributed by atoms with E-state index in [1.165, 1.54) is 17.0 Å². The first kappa shape index (κ1) is 17.6. The van der Waals surface area contributed by atoms with Gasteiger partial charge in [0.15, 0.2) is 0 Å². The lowest BCUT2D eigenvalue weighted by molar-refractivity contribution is -0.119. The Labute approximate surface area is 148 Å². The highest BCUT2D eigenvalue weighted by Crippen LogP contribution is 2.25. The number of halogens is 1. The first-order valence-corrected chi connectivity index (χ1v) is 8.42. The zero-order valence-corrected chi connectivity index (χ0v) is 14.3. The van der Waals surface area contributed by atoms with Gasteiger partial charge in [-0.25, -0.2) is 9.18 Å². The molecular formula is C16H18FN3O4S. The molecule has 134 valence electrons. The predicted octanol–water partition coefficient (Wildman–Crippen LogP) is 1.09. The van der Waals surface area contributed by atoms with E-state index in [9.17, 15) is 14.0 Å². The fourth-order valence-corrected chi connectivity index (χ4v) is 2.72. The molecule has 1 aliphatic heterocycles. The second-order valence-corrected chi connectivity index (χ2v) is 5.84. The highest BCUT2D eigenvalue weighted by Gasteiger charge is 2.17. The summed E-state index contributed by atoms with van der Waals surface area (Å²) in [5.41, 5.74) is 0.533. The average molecular weight is 367 g/mol. The van der Waals surface area contributed by atoms with Gasteiger partial charge in [0.05, 0.1) is 36.4 Å².